The second-order valence-electron chi connectivity index (χ2n) is 4.10. The van der Waals surface area contributed by atoms with Gasteiger partial charge < -0.3 is 11.1 Å². The Bertz CT molecular complexity index is 212. The van der Waals surface area contributed by atoms with E-state index in [0.29, 0.717) is 0 Å². The first-order valence-electron chi connectivity index (χ1n) is 4.92. The summed E-state index contributed by atoms with van der Waals surface area (Å²) in [4.78, 5) is 22.4. The quantitative estimate of drug-likeness (QED) is 0.654. The highest BCUT2D eigenvalue weighted by Crippen LogP contribution is 2.04. The summed E-state index contributed by atoms with van der Waals surface area (Å²) < 4.78 is 0. The van der Waals surface area contributed by atoms with Crippen LogP contribution in [-0.2, 0) is 9.59 Å². The average molecular weight is 200 g/mol. The van der Waals surface area contributed by atoms with Gasteiger partial charge in [0.25, 0.3) is 0 Å². The molecule has 0 unspecified atom stereocenters. The Labute approximate surface area is 85.2 Å². The molecule has 0 aliphatic heterocycles. The van der Waals surface area contributed by atoms with Gasteiger partial charge >= 0.3 is 0 Å². The molecule has 0 aliphatic rings. The monoisotopic (exact) mass is 200 g/mol. The molecule has 0 rings (SSSR count). The van der Waals surface area contributed by atoms with Crippen molar-refractivity contribution in [3.8, 4) is 0 Å². The molecule has 1 amide bonds. The molecule has 0 saturated carbocycles. The van der Waals surface area contributed by atoms with Crippen molar-refractivity contribution >= 4 is 11.7 Å². The predicted molar refractivity (Wildman–Crippen MR) is 55.7 cm³/mol. The van der Waals surface area contributed by atoms with Gasteiger partial charge in [-0.15, -0.1) is 0 Å². The summed E-state index contributed by atoms with van der Waals surface area (Å²) >= 11 is 0. The lowest BCUT2D eigenvalue weighted by atomic mass is 9.98. The van der Waals surface area contributed by atoms with E-state index >= 15 is 0 Å². The molecule has 0 bridgehead atoms. The first-order valence-corrected chi connectivity index (χ1v) is 4.92. The molecule has 0 radical (unpaired) electrons. The lowest BCUT2D eigenvalue weighted by Gasteiger charge is -2.20. The van der Waals surface area contributed by atoms with Gasteiger partial charge in [0, 0.05) is 18.4 Å². The zero-order chi connectivity index (χ0) is 11.3. The number of amides is 1. The minimum absolute atomic E-state index is 0.0394. The standard InChI is InChI=1S/C10H20N2O2/c1-6(2)10(14)8(5-9(11)13)12-7(3)4/h6-8,12H,5H2,1-4H3,(H2,11,13)/t8-/m1/s1. The predicted octanol–water partition coefficient (Wildman–Crippen LogP) is 0.453. The molecule has 0 fully saturated rings. The van der Waals surface area contributed by atoms with Gasteiger partial charge in [0.05, 0.1) is 6.04 Å². The van der Waals surface area contributed by atoms with Crippen LogP contribution in [0.15, 0.2) is 0 Å². The molecule has 0 aromatic carbocycles. The Kier molecular flexibility index (Phi) is 5.38. The summed E-state index contributed by atoms with van der Waals surface area (Å²) in [6, 6.07) is -0.269. The lowest BCUT2D eigenvalue weighted by molar-refractivity contribution is -0.127. The van der Waals surface area contributed by atoms with E-state index in [0.717, 1.165) is 0 Å². The van der Waals surface area contributed by atoms with E-state index in [1.54, 1.807) is 0 Å². The second kappa shape index (κ2) is 5.75. The van der Waals surface area contributed by atoms with Crippen molar-refractivity contribution in [2.75, 3.05) is 0 Å². The maximum atomic E-state index is 11.6. The van der Waals surface area contributed by atoms with E-state index in [1.165, 1.54) is 0 Å². The van der Waals surface area contributed by atoms with Crippen molar-refractivity contribution < 1.29 is 9.59 Å². The molecule has 0 aromatic rings. The van der Waals surface area contributed by atoms with Crippen LogP contribution in [0.1, 0.15) is 34.1 Å². The minimum Gasteiger partial charge on any atom is -0.370 e. The third-order valence-corrected chi connectivity index (χ3v) is 1.85. The Morgan fingerprint density at radius 3 is 2.00 bits per heavy atom. The summed E-state index contributed by atoms with van der Waals surface area (Å²) in [7, 11) is 0. The van der Waals surface area contributed by atoms with Crippen molar-refractivity contribution in [1.29, 1.82) is 0 Å². The van der Waals surface area contributed by atoms with E-state index in [2.05, 4.69) is 5.32 Å². The summed E-state index contributed by atoms with van der Waals surface area (Å²) in [6.45, 7) is 7.50. The number of ketones is 1. The van der Waals surface area contributed by atoms with E-state index in [-0.39, 0.29) is 24.2 Å². The number of rotatable bonds is 6. The zero-order valence-electron chi connectivity index (χ0n) is 9.33. The van der Waals surface area contributed by atoms with Crippen molar-refractivity contribution in [2.24, 2.45) is 11.7 Å². The Hall–Kier alpha value is -0.900. The maximum Gasteiger partial charge on any atom is 0.219 e. The molecule has 0 aliphatic carbocycles. The Balaban J connectivity index is 4.38. The van der Waals surface area contributed by atoms with Crippen LogP contribution >= 0.6 is 0 Å². The van der Waals surface area contributed by atoms with Gasteiger partial charge in [0.2, 0.25) is 5.91 Å². The zero-order valence-corrected chi connectivity index (χ0v) is 9.33. The van der Waals surface area contributed by atoms with Crippen LogP contribution in [0.25, 0.3) is 0 Å². The number of primary amides is 1. The minimum atomic E-state index is -0.447. The molecular weight excluding hydrogens is 180 g/mol. The van der Waals surface area contributed by atoms with Crippen LogP contribution in [-0.4, -0.2) is 23.8 Å². The molecule has 0 aromatic heterocycles. The average Bonchev–Trinajstić information content (AvgIpc) is 1.99. The number of hydrogen-bond acceptors (Lipinski definition) is 3. The number of Topliss-reactive ketones (excluding diaryl/α,β-unsaturated/α-hetero) is 1. The number of nitrogens with two attached hydrogens (primary N) is 1. The fraction of sp³-hybridized carbons (Fsp3) is 0.800. The molecule has 0 heterocycles. The molecule has 0 spiro atoms. The topological polar surface area (TPSA) is 72.2 Å². The van der Waals surface area contributed by atoms with E-state index in [1.807, 2.05) is 27.7 Å². The highest BCUT2D eigenvalue weighted by Gasteiger charge is 2.23. The van der Waals surface area contributed by atoms with Crippen LogP contribution in [0, 0.1) is 5.92 Å². The summed E-state index contributed by atoms with van der Waals surface area (Å²) in [5.41, 5.74) is 5.08. The van der Waals surface area contributed by atoms with Gasteiger partial charge in [0.15, 0.2) is 5.78 Å². The molecular formula is C10H20N2O2. The number of hydrogen-bond donors (Lipinski definition) is 2. The number of nitrogens with one attached hydrogen (secondary N) is 1. The fourth-order valence-electron chi connectivity index (χ4n) is 1.25. The molecule has 3 N–H and O–H groups in total. The van der Waals surface area contributed by atoms with Gasteiger partial charge in [-0.2, -0.15) is 0 Å². The van der Waals surface area contributed by atoms with Gasteiger partial charge in [-0.25, -0.2) is 0 Å². The summed E-state index contributed by atoms with van der Waals surface area (Å²) in [5, 5.41) is 3.04. The number of carbonyl (C=O) groups excluding carboxylic acids is 2. The van der Waals surface area contributed by atoms with Crippen LogP contribution in [0.3, 0.4) is 0 Å². The van der Waals surface area contributed by atoms with Gasteiger partial charge in [0.1, 0.15) is 0 Å². The fourth-order valence-corrected chi connectivity index (χ4v) is 1.25. The van der Waals surface area contributed by atoms with Crippen LogP contribution < -0.4 is 11.1 Å². The molecule has 82 valence electrons. The van der Waals surface area contributed by atoms with E-state index in [4.69, 9.17) is 5.73 Å². The first-order chi connectivity index (χ1) is 6.34. The lowest BCUT2D eigenvalue weighted by Crippen LogP contribution is -2.45. The molecule has 1 atom stereocenters. The molecule has 14 heavy (non-hydrogen) atoms. The summed E-state index contributed by atoms with van der Waals surface area (Å²) in [5.74, 6) is -0.486. The van der Waals surface area contributed by atoms with Gasteiger partial charge in [-0.3, -0.25) is 9.59 Å². The van der Waals surface area contributed by atoms with Gasteiger partial charge in [-0.1, -0.05) is 27.7 Å². The second-order valence-corrected chi connectivity index (χ2v) is 4.10. The normalized spacial score (nSPS) is 13.3. The van der Waals surface area contributed by atoms with Crippen LogP contribution in [0.5, 0.6) is 0 Å². The maximum absolute atomic E-state index is 11.6. The first kappa shape index (κ1) is 13.1. The van der Waals surface area contributed by atoms with Crippen LogP contribution in [0.2, 0.25) is 0 Å². The SMILES string of the molecule is CC(C)N[C@H](CC(N)=O)C(=O)C(C)C. The van der Waals surface area contributed by atoms with Gasteiger partial charge in [-0.05, 0) is 0 Å². The smallest absolute Gasteiger partial charge is 0.219 e. The van der Waals surface area contributed by atoms with E-state index < -0.39 is 11.9 Å². The van der Waals surface area contributed by atoms with Crippen molar-refractivity contribution in [3.63, 3.8) is 0 Å². The largest absolute Gasteiger partial charge is 0.370 e. The molecule has 4 heteroatoms. The van der Waals surface area contributed by atoms with Crippen molar-refractivity contribution in [1.82, 2.24) is 5.32 Å². The number of carbonyl (C=O) groups is 2. The highest BCUT2D eigenvalue weighted by molar-refractivity contribution is 5.90. The Morgan fingerprint density at radius 2 is 1.71 bits per heavy atom. The highest BCUT2D eigenvalue weighted by atomic mass is 16.1. The van der Waals surface area contributed by atoms with E-state index in [9.17, 15) is 9.59 Å². The van der Waals surface area contributed by atoms with Crippen molar-refractivity contribution in [2.45, 2.75) is 46.2 Å². The third-order valence-electron chi connectivity index (χ3n) is 1.85. The van der Waals surface area contributed by atoms with Crippen molar-refractivity contribution in [3.05, 3.63) is 0 Å². The molecule has 4 nitrogen and oxygen atoms in total. The van der Waals surface area contributed by atoms with Crippen LogP contribution in [0.4, 0.5) is 0 Å². The summed E-state index contributed by atoms with van der Waals surface area (Å²) in [6.07, 6.45) is 0.0786. The Morgan fingerprint density at radius 1 is 1.21 bits per heavy atom. The molecule has 0 saturated heterocycles. The third kappa shape index (κ3) is 4.97.